The van der Waals surface area contributed by atoms with Crippen LogP contribution in [0.5, 0.6) is 0 Å². The summed E-state index contributed by atoms with van der Waals surface area (Å²) >= 11 is 0. The summed E-state index contributed by atoms with van der Waals surface area (Å²) in [6.07, 6.45) is 7.75. The van der Waals surface area contributed by atoms with Crippen LogP contribution in [0.25, 0.3) is 0 Å². The second kappa shape index (κ2) is 4.59. The molecule has 6 nitrogen and oxygen atoms in total. The fourth-order valence-electron chi connectivity index (χ4n) is 3.40. The summed E-state index contributed by atoms with van der Waals surface area (Å²) in [5, 5.41) is 0. The van der Waals surface area contributed by atoms with Gasteiger partial charge in [-0.15, -0.1) is 0 Å². The predicted octanol–water partition coefficient (Wildman–Crippen LogP) is 1.19. The third kappa shape index (κ3) is 2.07. The maximum atomic E-state index is 5.67. The Kier molecular flexibility index (Phi) is 2.93. The average Bonchev–Trinajstić information content (AvgIpc) is 2.37. The topological polar surface area (TPSA) is 93.9 Å². The largest absolute Gasteiger partial charge is 0.368 e. The number of anilines is 3. The molecule has 2 fully saturated rings. The smallest absolute Gasteiger partial charge is 0.232 e. The van der Waals surface area contributed by atoms with Gasteiger partial charge in [0.2, 0.25) is 17.8 Å². The molecule has 1 saturated heterocycles. The molecular weight excluding hydrogens is 228 g/mol. The standard InChI is InChI=1S/C12H20N6/c13-10-15-11(14)17-12(16-10)18-7-3-5-8-4-1-2-6-9(8)18/h8-9H,1-7H2,(H4,13,14,15,16,17). The van der Waals surface area contributed by atoms with Crippen LogP contribution in [0.3, 0.4) is 0 Å². The van der Waals surface area contributed by atoms with Crippen LogP contribution in [0.4, 0.5) is 17.8 Å². The number of fused-ring (bicyclic) bond motifs is 1. The normalized spacial score (nSPS) is 27.9. The van der Waals surface area contributed by atoms with Gasteiger partial charge in [0.1, 0.15) is 0 Å². The maximum Gasteiger partial charge on any atom is 0.232 e. The van der Waals surface area contributed by atoms with Crippen molar-refractivity contribution in [2.24, 2.45) is 5.92 Å². The van der Waals surface area contributed by atoms with E-state index in [1.165, 1.54) is 38.5 Å². The Bertz CT molecular complexity index is 412. The number of nitrogens with zero attached hydrogens (tertiary/aromatic N) is 4. The number of hydrogen-bond donors (Lipinski definition) is 2. The summed E-state index contributed by atoms with van der Waals surface area (Å²) < 4.78 is 0. The lowest BCUT2D eigenvalue weighted by atomic mass is 9.78. The lowest BCUT2D eigenvalue weighted by Crippen LogP contribution is -2.47. The van der Waals surface area contributed by atoms with Gasteiger partial charge in [-0.2, -0.15) is 15.0 Å². The van der Waals surface area contributed by atoms with Crippen molar-refractivity contribution in [2.45, 2.75) is 44.6 Å². The van der Waals surface area contributed by atoms with Crippen LogP contribution in [0.15, 0.2) is 0 Å². The molecule has 2 heterocycles. The molecule has 1 aliphatic carbocycles. The summed E-state index contributed by atoms with van der Waals surface area (Å²) in [6, 6.07) is 0.564. The number of hydrogen-bond acceptors (Lipinski definition) is 6. The highest BCUT2D eigenvalue weighted by Gasteiger charge is 2.34. The molecule has 6 heteroatoms. The van der Waals surface area contributed by atoms with Gasteiger partial charge in [0, 0.05) is 12.6 Å². The van der Waals surface area contributed by atoms with Crippen LogP contribution < -0.4 is 16.4 Å². The molecule has 0 aromatic carbocycles. The van der Waals surface area contributed by atoms with Crippen LogP contribution in [-0.2, 0) is 0 Å². The molecule has 1 aliphatic heterocycles. The van der Waals surface area contributed by atoms with Gasteiger partial charge in [-0.05, 0) is 31.6 Å². The Morgan fingerprint density at radius 3 is 2.33 bits per heavy atom. The molecule has 0 spiro atoms. The summed E-state index contributed by atoms with van der Waals surface area (Å²) in [5.74, 6) is 1.88. The zero-order valence-corrected chi connectivity index (χ0v) is 10.5. The van der Waals surface area contributed by atoms with Crippen LogP contribution in [0.2, 0.25) is 0 Å². The second-order valence-corrected chi connectivity index (χ2v) is 5.30. The zero-order chi connectivity index (χ0) is 12.5. The molecule has 3 rings (SSSR count). The summed E-state index contributed by atoms with van der Waals surface area (Å²) in [7, 11) is 0. The summed E-state index contributed by atoms with van der Waals surface area (Å²) in [4.78, 5) is 14.6. The molecule has 0 bridgehead atoms. The van der Waals surface area contributed by atoms with Gasteiger partial charge in [0.15, 0.2) is 0 Å². The van der Waals surface area contributed by atoms with Gasteiger partial charge in [-0.25, -0.2) is 0 Å². The first-order valence-corrected chi connectivity index (χ1v) is 6.78. The Morgan fingerprint density at radius 2 is 1.56 bits per heavy atom. The van der Waals surface area contributed by atoms with E-state index in [4.69, 9.17) is 11.5 Å². The van der Waals surface area contributed by atoms with E-state index in [0.29, 0.717) is 12.0 Å². The van der Waals surface area contributed by atoms with E-state index in [1.807, 2.05) is 0 Å². The fourth-order valence-corrected chi connectivity index (χ4v) is 3.40. The lowest BCUT2D eigenvalue weighted by Gasteiger charge is -2.44. The number of aromatic nitrogens is 3. The van der Waals surface area contributed by atoms with E-state index in [-0.39, 0.29) is 11.9 Å². The van der Waals surface area contributed by atoms with Crippen molar-refractivity contribution >= 4 is 17.8 Å². The van der Waals surface area contributed by atoms with Crippen molar-refractivity contribution in [3.63, 3.8) is 0 Å². The van der Waals surface area contributed by atoms with E-state index in [0.717, 1.165) is 12.5 Å². The Balaban J connectivity index is 1.89. The second-order valence-electron chi connectivity index (χ2n) is 5.30. The molecule has 4 N–H and O–H groups in total. The minimum absolute atomic E-state index is 0.218. The van der Waals surface area contributed by atoms with Crippen LogP contribution in [0, 0.1) is 5.92 Å². The zero-order valence-electron chi connectivity index (χ0n) is 10.5. The fraction of sp³-hybridized carbons (Fsp3) is 0.750. The third-order valence-corrected chi connectivity index (χ3v) is 4.16. The van der Waals surface area contributed by atoms with E-state index in [1.54, 1.807) is 0 Å². The van der Waals surface area contributed by atoms with Crippen LogP contribution >= 0.6 is 0 Å². The molecule has 1 aromatic heterocycles. The molecule has 2 unspecified atom stereocenters. The number of nitrogen functional groups attached to an aromatic ring is 2. The van der Waals surface area contributed by atoms with Gasteiger partial charge in [0.25, 0.3) is 0 Å². The lowest BCUT2D eigenvalue weighted by molar-refractivity contribution is 0.241. The molecule has 1 saturated carbocycles. The first-order chi connectivity index (χ1) is 8.74. The highest BCUT2D eigenvalue weighted by molar-refractivity contribution is 5.41. The van der Waals surface area contributed by atoms with Crippen LogP contribution in [0.1, 0.15) is 38.5 Å². The third-order valence-electron chi connectivity index (χ3n) is 4.16. The van der Waals surface area contributed by atoms with Crippen molar-refractivity contribution in [3.05, 3.63) is 0 Å². The van der Waals surface area contributed by atoms with Crippen molar-refractivity contribution in [3.8, 4) is 0 Å². The monoisotopic (exact) mass is 248 g/mol. The molecule has 18 heavy (non-hydrogen) atoms. The highest BCUT2D eigenvalue weighted by atomic mass is 15.3. The van der Waals surface area contributed by atoms with E-state index >= 15 is 0 Å². The number of rotatable bonds is 1. The first kappa shape index (κ1) is 11.5. The molecule has 2 aliphatic rings. The molecule has 1 aromatic rings. The Morgan fingerprint density at radius 1 is 0.889 bits per heavy atom. The summed E-state index contributed by atoms with van der Waals surface area (Å²) in [5.41, 5.74) is 11.3. The van der Waals surface area contributed by atoms with Gasteiger partial charge in [-0.1, -0.05) is 12.8 Å². The van der Waals surface area contributed by atoms with Crippen molar-refractivity contribution in [2.75, 3.05) is 22.9 Å². The number of piperidine rings is 1. The van der Waals surface area contributed by atoms with E-state index < -0.39 is 0 Å². The van der Waals surface area contributed by atoms with E-state index in [9.17, 15) is 0 Å². The number of nitrogens with two attached hydrogens (primary N) is 2. The highest BCUT2D eigenvalue weighted by Crippen LogP contribution is 2.36. The maximum absolute atomic E-state index is 5.67. The Hall–Kier alpha value is -1.59. The van der Waals surface area contributed by atoms with Crippen molar-refractivity contribution < 1.29 is 0 Å². The SMILES string of the molecule is Nc1nc(N)nc(N2CCCC3CCCCC32)n1. The predicted molar refractivity (Wildman–Crippen MR) is 71.0 cm³/mol. The van der Waals surface area contributed by atoms with Crippen LogP contribution in [-0.4, -0.2) is 27.5 Å². The van der Waals surface area contributed by atoms with Gasteiger partial charge in [0.05, 0.1) is 0 Å². The minimum Gasteiger partial charge on any atom is -0.368 e. The van der Waals surface area contributed by atoms with Crippen molar-refractivity contribution in [1.82, 2.24) is 15.0 Å². The molecule has 98 valence electrons. The minimum atomic E-state index is 0.218. The molecular formula is C12H20N6. The molecule has 2 atom stereocenters. The van der Waals surface area contributed by atoms with Gasteiger partial charge >= 0.3 is 0 Å². The van der Waals surface area contributed by atoms with Gasteiger partial charge < -0.3 is 16.4 Å². The average molecular weight is 248 g/mol. The quantitative estimate of drug-likeness (QED) is 0.775. The molecule has 0 amide bonds. The molecule has 0 radical (unpaired) electrons. The van der Waals surface area contributed by atoms with Crippen molar-refractivity contribution in [1.29, 1.82) is 0 Å². The first-order valence-electron chi connectivity index (χ1n) is 6.78. The Labute approximate surface area is 107 Å². The summed E-state index contributed by atoms with van der Waals surface area (Å²) in [6.45, 7) is 1.00. The van der Waals surface area contributed by atoms with Gasteiger partial charge in [-0.3, -0.25) is 0 Å². The van der Waals surface area contributed by atoms with E-state index in [2.05, 4.69) is 19.9 Å².